The smallest absolute Gasteiger partial charge is 0.336 e. The first-order valence-corrected chi connectivity index (χ1v) is 6.23. The molecule has 0 bridgehead atoms. The first-order valence-electron chi connectivity index (χ1n) is 6.23. The van der Waals surface area contributed by atoms with Gasteiger partial charge in [0, 0.05) is 0 Å². The second-order valence-electron chi connectivity index (χ2n) is 4.36. The lowest BCUT2D eigenvalue weighted by Gasteiger charge is -2.03. The van der Waals surface area contributed by atoms with Crippen LogP contribution in [0, 0.1) is 0 Å². The molecule has 0 atom stereocenters. The molecule has 0 heterocycles. The van der Waals surface area contributed by atoms with E-state index in [2.05, 4.69) is 10.2 Å². The summed E-state index contributed by atoms with van der Waals surface area (Å²) in [4.78, 5) is 21.8. The van der Waals surface area contributed by atoms with Gasteiger partial charge in [-0.15, -0.1) is 0 Å². The third kappa shape index (κ3) is 3.53. The van der Waals surface area contributed by atoms with Crippen molar-refractivity contribution < 1.29 is 24.9 Å². The molecule has 22 heavy (non-hydrogen) atoms. The molecule has 0 saturated heterocycles. The van der Waals surface area contributed by atoms with Crippen LogP contribution in [0.2, 0.25) is 0 Å². The fourth-order valence-electron chi connectivity index (χ4n) is 1.75. The number of carbonyl (C=O) groups is 2. The summed E-state index contributed by atoms with van der Waals surface area (Å²) in [5, 5.41) is 34.7. The molecule has 7 nitrogen and oxygen atoms in total. The van der Waals surface area contributed by atoms with Gasteiger partial charge in [0.25, 0.3) is 0 Å². The number of hydrogen-bond acceptors (Lipinski definition) is 5. The number of hydrogen-bond donors (Lipinski definition) is 3. The van der Waals surface area contributed by atoms with E-state index in [0.29, 0.717) is 11.4 Å². The minimum Gasteiger partial charge on any atom is -0.478 e. The summed E-state index contributed by atoms with van der Waals surface area (Å²) >= 11 is 0. The van der Waals surface area contributed by atoms with Gasteiger partial charge in [-0.1, -0.05) is 6.07 Å². The Morgan fingerprint density at radius 2 is 1.45 bits per heavy atom. The average Bonchev–Trinajstić information content (AvgIpc) is 2.53. The molecule has 3 N–H and O–H groups in total. The first-order chi connectivity index (χ1) is 10.5. The van der Waals surface area contributed by atoms with E-state index in [1.807, 2.05) is 0 Å². The number of rotatable bonds is 5. The van der Waals surface area contributed by atoms with Crippen molar-refractivity contribution in [2.24, 2.45) is 10.2 Å². The Hall–Kier alpha value is -3.06. The molecule has 0 aliphatic carbocycles. The normalized spacial score (nSPS) is 10.8. The van der Waals surface area contributed by atoms with E-state index in [1.165, 1.54) is 42.5 Å². The average molecular weight is 300 g/mol. The minimum atomic E-state index is -1.16. The molecular weight excluding hydrogens is 288 g/mol. The maximum atomic E-state index is 11.1. The van der Waals surface area contributed by atoms with Crippen molar-refractivity contribution in [3.05, 3.63) is 59.2 Å². The van der Waals surface area contributed by atoms with Crippen LogP contribution in [0.5, 0.6) is 0 Å². The van der Waals surface area contributed by atoms with E-state index in [9.17, 15) is 9.59 Å². The number of aromatic carboxylic acids is 2. The van der Waals surface area contributed by atoms with Crippen LogP contribution in [0.15, 0.2) is 52.7 Å². The second-order valence-corrected chi connectivity index (χ2v) is 4.36. The molecule has 2 rings (SSSR count). The predicted octanol–water partition coefficient (Wildman–Crippen LogP) is 2.99. The molecule has 0 spiro atoms. The van der Waals surface area contributed by atoms with Crippen LogP contribution in [0.4, 0.5) is 11.4 Å². The Bertz CT molecular complexity index is 738. The highest BCUT2D eigenvalue weighted by Gasteiger charge is 2.10. The van der Waals surface area contributed by atoms with Crippen molar-refractivity contribution in [2.75, 3.05) is 0 Å². The molecule has 0 fully saturated rings. The third-order valence-electron chi connectivity index (χ3n) is 2.89. The van der Waals surface area contributed by atoms with Crippen LogP contribution < -0.4 is 0 Å². The van der Waals surface area contributed by atoms with Gasteiger partial charge in [0.15, 0.2) is 0 Å². The summed E-state index contributed by atoms with van der Waals surface area (Å²) in [6.07, 6.45) is 0. The maximum Gasteiger partial charge on any atom is 0.336 e. The predicted molar refractivity (Wildman–Crippen MR) is 76.9 cm³/mol. The molecule has 0 aliphatic rings. The van der Waals surface area contributed by atoms with Gasteiger partial charge in [-0.3, -0.25) is 0 Å². The van der Waals surface area contributed by atoms with Gasteiger partial charge in [0.1, 0.15) is 0 Å². The molecule has 112 valence electrons. The fraction of sp³-hybridized carbons (Fsp3) is 0.0667. The molecule has 0 amide bonds. The van der Waals surface area contributed by atoms with E-state index in [-0.39, 0.29) is 23.3 Å². The zero-order valence-electron chi connectivity index (χ0n) is 11.3. The van der Waals surface area contributed by atoms with Gasteiger partial charge >= 0.3 is 11.9 Å². The van der Waals surface area contributed by atoms with Crippen molar-refractivity contribution in [1.82, 2.24) is 0 Å². The van der Waals surface area contributed by atoms with Crippen molar-refractivity contribution in [3.8, 4) is 0 Å². The van der Waals surface area contributed by atoms with Crippen LogP contribution in [0.25, 0.3) is 0 Å². The number of azo groups is 1. The number of carboxylic acids is 2. The molecule has 0 saturated carbocycles. The monoisotopic (exact) mass is 300 g/mol. The van der Waals surface area contributed by atoms with Crippen molar-refractivity contribution in [1.29, 1.82) is 0 Å². The summed E-state index contributed by atoms with van der Waals surface area (Å²) in [6.45, 7) is -0.379. The van der Waals surface area contributed by atoms with Crippen molar-refractivity contribution >= 4 is 23.3 Å². The highest BCUT2D eigenvalue weighted by atomic mass is 16.4. The maximum absolute atomic E-state index is 11.1. The van der Waals surface area contributed by atoms with E-state index >= 15 is 0 Å². The minimum absolute atomic E-state index is 0.0415. The Labute approximate surface area is 125 Å². The van der Waals surface area contributed by atoms with Crippen LogP contribution in [0.1, 0.15) is 26.3 Å². The quantitative estimate of drug-likeness (QED) is 0.733. The molecule has 2 aromatic carbocycles. The van der Waals surface area contributed by atoms with Gasteiger partial charge in [0.2, 0.25) is 0 Å². The van der Waals surface area contributed by atoms with Crippen LogP contribution in [-0.2, 0) is 6.61 Å². The summed E-state index contributed by atoms with van der Waals surface area (Å²) in [5.41, 5.74) is 1.14. The van der Waals surface area contributed by atoms with Crippen LogP contribution in [0.3, 0.4) is 0 Å². The largest absolute Gasteiger partial charge is 0.478 e. The molecule has 0 radical (unpaired) electrons. The number of aliphatic hydroxyl groups excluding tert-OH is 1. The number of carboxylic acid groups (broad SMARTS) is 2. The Balaban J connectivity index is 2.24. The standard InChI is InChI=1S/C15H12N2O5/c18-8-10-3-6-12(7-13(10)15(21)22)17-16-11-4-1-9(2-5-11)14(19)20/h1-7,18H,8H2,(H,19,20)(H,21,22). The molecular formula is C15H12N2O5. The summed E-state index contributed by atoms with van der Waals surface area (Å²) in [5.74, 6) is -2.19. The van der Waals surface area contributed by atoms with Gasteiger partial charge < -0.3 is 15.3 Å². The number of nitrogens with zero attached hydrogens (tertiary/aromatic N) is 2. The molecule has 0 unspecified atom stereocenters. The molecule has 0 aliphatic heterocycles. The lowest BCUT2D eigenvalue weighted by atomic mass is 10.1. The topological polar surface area (TPSA) is 120 Å². The summed E-state index contributed by atoms with van der Waals surface area (Å²) < 4.78 is 0. The Morgan fingerprint density at radius 1 is 0.864 bits per heavy atom. The first kappa shape index (κ1) is 15.3. The van der Waals surface area contributed by atoms with E-state index < -0.39 is 11.9 Å². The Morgan fingerprint density at radius 3 is 2.00 bits per heavy atom. The number of benzene rings is 2. The number of aliphatic hydroxyl groups is 1. The zero-order chi connectivity index (χ0) is 16.1. The highest BCUT2D eigenvalue weighted by Crippen LogP contribution is 2.22. The van der Waals surface area contributed by atoms with Crippen LogP contribution in [-0.4, -0.2) is 27.3 Å². The summed E-state index contributed by atoms with van der Waals surface area (Å²) in [6, 6.07) is 10.1. The highest BCUT2D eigenvalue weighted by molar-refractivity contribution is 5.90. The van der Waals surface area contributed by atoms with Gasteiger partial charge in [-0.05, 0) is 42.0 Å². The van der Waals surface area contributed by atoms with E-state index in [1.54, 1.807) is 0 Å². The van der Waals surface area contributed by atoms with Gasteiger partial charge in [-0.2, -0.15) is 10.2 Å². The molecule has 7 heteroatoms. The summed E-state index contributed by atoms with van der Waals surface area (Å²) in [7, 11) is 0. The third-order valence-corrected chi connectivity index (χ3v) is 2.89. The SMILES string of the molecule is O=C(O)c1ccc(N=Nc2ccc(CO)c(C(=O)O)c2)cc1. The van der Waals surface area contributed by atoms with Crippen LogP contribution >= 0.6 is 0 Å². The lowest BCUT2D eigenvalue weighted by molar-refractivity contribution is 0.0684. The van der Waals surface area contributed by atoms with Gasteiger partial charge in [-0.25, -0.2) is 9.59 Å². The van der Waals surface area contributed by atoms with E-state index in [4.69, 9.17) is 15.3 Å². The van der Waals surface area contributed by atoms with Crippen molar-refractivity contribution in [2.45, 2.75) is 6.61 Å². The van der Waals surface area contributed by atoms with E-state index in [0.717, 1.165) is 0 Å². The van der Waals surface area contributed by atoms with Gasteiger partial charge in [0.05, 0.1) is 29.1 Å². The molecule has 0 aromatic heterocycles. The second kappa shape index (κ2) is 6.59. The van der Waals surface area contributed by atoms with Crippen molar-refractivity contribution in [3.63, 3.8) is 0 Å². The fourth-order valence-corrected chi connectivity index (χ4v) is 1.75. The Kier molecular flexibility index (Phi) is 4.60. The zero-order valence-corrected chi connectivity index (χ0v) is 11.3. The molecule has 2 aromatic rings. The lowest BCUT2D eigenvalue weighted by Crippen LogP contribution is -2.01.